The highest BCUT2D eigenvalue weighted by Gasteiger charge is 2.30. The molecule has 0 aromatic carbocycles. The van der Waals surface area contributed by atoms with Crippen molar-refractivity contribution >= 4 is 39.5 Å². The molecule has 3 N–H and O–H groups in total. The molecule has 0 rings (SSSR count). The van der Waals surface area contributed by atoms with Gasteiger partial charge in [0.05, 0.1) is 26.4 Å². The molecule has 0 bridgehead atoms. The second-order valence-electron chi connectivity index (χ2n) is 28.8. The van der Waals surface area contributed by atoms with Crippen LogP contribution in [0.3, 0.4) is 0 Å². The second-order valence-corrected chi connectivity index (χ2v) is 31.7. The average molecular weight is 1400 g/mol. The Labute approximate surface area is 581 Å². The van der Waals surface area contributed by atoms with E-state index >= 15 is 0 Å². The zero-order chi connectivity index (χ0) is 70.3. The maximum absolute atomic E-state index is 13.1. The van der Waals surface area contributed by atoms with Crippen LogP contribution in [0.15, 0.2) is 0 Å². The van der Waals surface area contributed by atoms with Crippen LogP contribution in [0.2, 0.25) is 0 Å². The van der Waals surface area contributed by atoms with Gasteiger partial charge in [0.15, 0.2) is 12.2 Å². The minimum Gasteiger partial charge on any atom is -0.462 e. The predicted octanol–water partition coefficient (Wildman–Crippen LogP) is 22.0. The zero-order valence-corrected chi connectivity index (χ0v) is 64.1. The first-order valence-electron chi connectivity index (χ1n) is 39.3. The third-order valence-corrected chi connectivity index (χ3v) is 20.2. The van der Waals surface area contributed by atoms with Gasteiger partial charge in [-0.15, -0.1) is 0 Å². The van der Waals surface area contributed by atoms with Crippen LogP contribution in [0.1, 0.15) is 383 Å². The Morgan fingerprint density at radius 2 is 0.505 bits per heavy atom. The van der Waals surface area contributed by atoms with Crippen LogP contribution >= 0.6 is 15.6 Å². The Kier molecular flexibility index (Phi) is 64.0. The summed E-state index contributed by atoms with van der Waals surface area (Å²) in [5, 5.41) is 10.6. The second kappa shape index (κ2) is 65.4. The summed E-state index contributed by atoms with van der Waals surface area (Å²) in [6, 6.07) is 0. The standard InChI is InChI=1S/C76H148O17P2/c1-9-68(7)54-46-38-30-24-21-22-26-32-42-50-58-75(80)92-71(62-86-73(78)56-48-40-31-25-20-18-16-14-12-11-13-15-17-19-23-28-36-44-52-66(3)4)64-90-94(82,83)88-60-70(77)61-89-95(84,85)91-65-72(93-76(81)59-51-43-35-34-39-47-55-69(8)10-2)63-87-74(79)57-49-41-33-27-29-37-45-53-67(5)6/h66-72,77H,9-65H2,1-8H3,(H,82,83)(H,84,85)/t68?,69?,70?,71-,72-/m1/s1. The molecule has 0 heterocycles. The van der Waals surface area contributed by atoms with Crippen LogP contribution in [0.5, 0.6) is 0 Å². The summed E-state index contributed by atoms with van der Waals surface area (Å²) in [7, 11) is -9.91. The maximum Gasteiger partial charge on any atom is 0.472 e. The number of unbranched alkanes of at least 4 members (excludes halogenated alkanes) is 37. The number of phosphoric acid groups is 2. The molecule has 19 heteroatoms. The van der Waals surface area contributed by atoms with E-state index in [0.29, 0.717) is 31.6 Å². The highest BCUT2D eigenvalue weighted by atomic mass is 31.2. The van der Waals surface area contributed by atoms with E-state index in [9.17, 15) is 43.2 Å². The van der Waals surface area contributed by atoms with Gasteiger partial charge in [-0.1, -0.05) is 331 Å². The number of aliphatic hydroxyl groups excluding tert-OH is 1. The Hall–Kier alpha value is -1.94. The number of rotatable bonds is 73. The highest BCUT2D eigenvalue weighted by molar-refractivity contribution is 7.47. The molecule has 0 aliphatic rings. The Balaban J connectivity index is 5.18. The first-order valence-corrected chi connectivity index (χ1v) is 42.3. The van der Waals surface area contributed by atoms with E-state index in [1.54, 1.807) is 0 Å². The lowest BCUT2D eigenvalue weighted by molar-refractivity contribution is -0.161. The summed E-state index contributed by atoms with van der Waals surface area (Å²) in [5.74, 6) is 0.925. The van der Waals surface area contributed by atoms with Crippen molar-refractivity contribution in [2.75, 3.05) is 39.6 Å². The van der Waals surface area contributed by atoms with Crippen LogP contribution in [-0.2, 0) is 65.4 Å². The molecule has 0 spiro atoms. The number of hydrogen-bond donors (Lipinski definition) is 3. The molecular weight excluding hydrogens is 1250 g/mol. The number of ether oxygens (including phenoxy) is 4. The zero-order valence-electron chi connectivity index (χ0n) is 62.3. The first kappa shape index (κ1) is 93.1. The average Bonchev–Trinajstić information content (AvgIpc) is 3.62. The third kappa shape index (κ3) is 67.6. The van der Waals surface area contributed by atoms with Crippen molar-refractivity contribution in [3.05, 3.63) is 0 Å². The number of aliphatic hydroxyl groups is 1. The lowest BCUT2D eigenvalue weighted by Gasteiger charge is -2.21. The molecule has 0 amide bonds. The van der Waals surface area contributed by atoms with Gasteiger partial charge >= 0.3 is 39.5 Å². The van der Waals surface area contributed by atoms with Gasteiger partial charge in [0.25, 0.3) is 0 Å². The van der Waals surface area contributed by atoms with E-state index < -0.39 is 97.5 Å². The molecule has 0 aliphatic heterocycles. The van der Waals surface area contributed by atoms with Crippen molar-refractivity contribution in [1.29, 1.82) is 0 Å². The molecule has 17 nitrogen and oxygen atoms in total. The van der Waals surface area contributed by atoms with Gasteiger partial charge in [0.2, 0.25) is 0 Å². The molecule has 95 heavy (non-hydrogen) atoms. The monoisotopic (exact) mass is 1400 g/mol. The molecule has 0 saturated heterocycles. The molecule has 0 radical (unpaired) electrons. The fraction of sp³-hybridized carbons (Fsp3) is 0.947. The normalized spacial score (nSPS) is 14.7. The lowest BCUT2D eigenvalue weighted by atomic mass is 9.99. The molecule has 564 valence electrons. The largest absolute Gasteiger partial charge is 0.472 e. The summed E-state index contributed by atoms with van der Waals surface area (Å²) in [6.45, 7) is 14.1. The molecular formula is C76H148O17P2. The van der Waals surface area contributed by atoms with E-state index in [2.05, 4.69) is 55.4 Å². The van der Waals surface area contributed by atoms with Gasteiger partial charge in [-0.25, -0.2) is 9.13 Å². The molecule has 0 aliphatic carbocycles. The fourth-order valence-electron chi connectivity index (χ4n) is 11.5. The van der Waals surface area contributed by atoms with E-state index in [4.69, 9.17) is 37.0 Å². The Bertz CT molecular complexity index is 1870. The van der Waals surface area contributed by atoms with Gasteiger partial charge in [0, 0.05) is 25.7 Å². The number of carbonyl (C=O) groups excluding carboxylic acids is 4. The van der Waals surface area contributed by atoms with E-state index in [0.717, 1.165) is 114 Å². The number of hydrogen-bond acceptors (Lipinski definition) is 15. The Morgan fingerprint density at radius 3 is 0.747 bits per heavy atom. The molecule has 5 unspecified atom stereocenters. The van der Waals surface area contributed by atoms with Crippen molar-refractivity contribution in [3.8, 4) is 0 Å². The topological polar surface area (TPSA) is 237 Å². The van der Waals surface area contributed by atoms with E-state index in [1.165, 1.54) is 180 Å². The van der Waals surface area contributed by atoms with Crippen molar-refractivity contribution < 1.29 is 80.2 Å². The quantitative estimate of drug-likeness (QED) is 0.0222. The SMILES string of the molecule is CCC(C)CCCCCCCCCCCCC(=O)O[C@H](COC(=O)CCCCCCCCCCCCCCCCCCCCC(C)C)COP(=O)(O)OCC(O)COP(=O)(O)OC[C@@H](COC(=O)CCCCCCCCCC(C)C)OC(=O)CCCCCCCCC(C)CC. The van der Waals surface area contributed by atoms with Gasteiger partial charge in [-0.2, -0.15) is 0 Å². The van der Waals surface area contributed by atoms with Crippen LogP contribution in [0, 0.1) is 23.7 Å². The lowest BCUT2D eigenvalue weighted by Crippen LogP contribution is -2.30. The summed E-state index contributed by atoms with van der Waals surface area (Å²) in [6.07, 6.45) is 50.2. The van der Waals surface area contributed by atoms with Crippen LogP contribution in [0.4, 0.5) is 0 Å². The van der Waals surface area contributed by atoms with Crippen LogP contribution in [-0.4, -0.2) is 96.7 Å². The van der Waals surface area contributed by atoms with Crippen molar-refractivity contribution in [3.63, 3.8) is 0 Å². The first-order chi connectivity index (χ1) is 45.7. The van der Waals surface area contributed by atoms with Crippen LogP contribution < -0.4 is 0 Å². The number of carbonyl (C=O) groups is 4. The minimum absolute atomic E-state index is 0.102. The summed E-state index contributed by atoms with van der Waals surface area (Å²) >= 11 is 0. The smallest absolute Gasteiger partial charge is 0.462 e. The molecule has 7 atom stereocenters. The van der Waals surface area contributed by atoms with Gasteiger partial charge < -0.3 is 33.8 Å². The number of phosphoric ester groups is 2. The summed E-state index contributed by atoms with van der Waals surface area (Å²) in [5.41, 5.74) is 0. The molecule has 0 aromatic heterocycles. The fourth-order valence-corrected chi connectivity index (χ4v) is 13.1. The highest BCUT2D eigenvalue weighted by Crippen LogP contribution is 2.45. The van der Waals surface area contributed by atoms with E-state index in [1.807, 2.05) is 0 Å². The molecule has 0 fully saturated rings. The molecule has 0 aromatic rings. The predicted molar refractivity (Wildman–Crippen MR) is 386 cm³/mol. The minimum atomic E-state index is -4.96. The van der Waals surface area contributed by atoms with E-state index in [-0.39, 0.29) is 25.7 Å². The Morgan fingerprint density at radius 1 is 0.295 bits per heavy atom. The van der Waals surface area contributed by atoms with Gasteiger partial charge in [-0.05, 0) is 49.4 Å². The number of esters is 4. The van der Waals surface area contributed by atoms with Crippen molar-refractivity contribution in [1.82, 2.24) is 0 Å². The molecule has 0 saturated carbocycles. The summed E-state index contributed by atoms with van der Waals surface area (Å²) in [4.78, 5) is 72.7. The van der Waals surface area contributed by atoms with Gasteiger partial charge in [-0.3, -0.25) is 37.3 Å². The van der Waals surface area contributed by atoms with Crippen molar-refractivity contribution in [2.24, 2.45) is 23.7 Å². The van der Waals surface area contributed by atoms with Crippen LogP contribution in [0.25, 0.3) is 0 Å². The third-order valence-electron chi connectivity index (χ3n) is 18.3. The maximum atomic E-state index is 13.1. The summed E-state index contributed by atoms with van der Waals surface area (Å²) < 4.78 is 68.4. The van der Waals surface area contributed by atoms with Gasteiger partial charge in [0.1, 0.15) is 19.3 Å². The van der Waals surface area contributed by atoms with Crippen molar-refractivity contribution in [2.45, 2.75) is 401 Å².